The quantitative estimate of drug-likeness (QED) is 0.618. The number of hydrogen-bond acceptors (Lipinski definition) is 4. The van der Waals surface area contributed by atoms with E-state index in [0.29, 0.717) is 5.56 Å². The summed E-state index contributed by atoms with van der Waals surface area (Å²) in [5.41, 5.74) is 0.106. The molecule has 0 fully saturated rings. The molecule has 6 nitrogen and oxygen atoms in total. The van der Waals surface area contributed by atoms with Crippen LogP contribution in [0.3, 0.4) is 0 Å². The van der Waals surface area contributed by atoms with Gasteiger partial charge >= 0.3 is 0 Å². The van der Waals surface area contributed by atoms with E-state index < -0.39 is 9.85 Å². The summed E-state index contributed by atoms with van der Waals surface area (Å²) in [6, 6.07) is 4.07. The van der Waals surface area contributed by atoms with Crippen LogP contribution in [-0.4, -0.2) is 9.85 Å². The lowest BCUT2D eigenvalue weighted by atomic mass is 10.1. The maximum atomic E-state index is 10.8. The van der Waals surface area contributed by atoms with Gasteiger partial charge in [-0.05, 0) is 11.6 Å². The number of hydrogen-bond donors (Lipinski definition) is 0. The Morgan fingerprint density at radius 3 is 2.39 bits per heavy atom. The Balaban J connectivity index is 3.26. The van der Waals surface area contributed by atoms with Crippen LogP contribution in [0.15, 0.2) is 23.9 Å². The van der Waals surface area contributed by atoms with Gasteiger partial charge in [-0.15, -0.1) is 0 Å². The van der Waals surface area contributed by atoms with Gasteiger partial charge in [0.1, 0.15) is 5.02 Å². The van der Waals surface area contributed by atoms with Gasteiger partial charge in [0.2, 0.25) is 5.70 Å². The van der Waals surface area contributed by atoms with E-state index in [9.17, 15) is 20.2 Å². The SMILES string of the molecule is CC(C)/C(=C/c1ccc(Cl)c([N+](=O)[O-])c1)[N+](=O)[O-]. The summed E-state index contributed by atoms with van der Waals surface area (Å²) in [5, 5.41) is 21.5. The van der Waals surface area contributed by atoms with E-state index >= 15 is 0 Å². The zero-order valence-electron chi connectivity index (χ0n) is 9.79. The summed E-state index contributed by atoms with van der Waals surface area (Å²) >= 11 is 5.66. The summed E-state index contributed by atoms with van der Waals surface area (Å²) < 4.78 is 0. The topological polar surface area (TPSA) is 86.3 Å². The summed E-state index contributed by atoms with van der Waals surface area (Å²) in [5.74, 6) is -0.283. The molecule has 1 rings (SSSR count). The predicted molar refractivity (Wildman–Crippen MR) is 67.9 cm³/mol. The first-order valence-electron chi connectivity index (χ1n) is 5.13. The van der Waals surface area contributed by atoms with Crippen LogP contribution in [0.4, 0.5) is 5.69 Å². The molecule has 0 spiro atoms. The first kappa shape index (κ1) is 14.1. The molecule has 0 atom stereocenters. The largest absolute Gasteiger partial charge is 0.288 e. The number of rotatable bonds is 4. The molecule has 0 N–H and O–H groups in total. The summed E-state index contributed by atoms with van der Waals surface area (Å²) in [7, 11) is 0. The Hall–Kier alpha value is -1.95. The molecule has 0 aliphatic heterocycles. The Morgan fingerprint density at radius 2 is 1.94 bits per heavy atom. The number of halogens is 1. The van der Waals surface area contributed by atoms with Gasteiger partial charge in [0.05, 0.1) is 9.85 Å². The van der Waals surface area contributed by atoms with Crippen LogP contribution in [0.25, 0.3) is 6.08 Å². The van der Waals surface area contributed by atoms with Crippen molar-refractivity contribution in [1.29, 1.82) is 0 Å². The molecule has 0 aliphatic rings. The standard InChI is InChI=1S/C11H11ClN2O4/c1-7(2)10(13(15)16)5-8-3-4-9(12)11(6-8)14(17)18/h3-7H,1-2H3/b10-5-. The van der Waals surface area contributed by atoms with Crippen molar-refractivity contribution in [1.82, 2.24) is 0 Å². The molecule has 0 amide bonds. The van der Waals surface area contributed by atoms with Crippen LogP contribution in [0, 0.1) is 26.1 Å². The zero-order valence-corrected chi connectivity index (χ0v) is 10.5. The minimum atomic E-state index is -0.624. The van der Waals surface area contributed by atoms with Gasteiger partial charge in [-0.2, -0.15) is 0 Å². The predicted octanol–water partition coefficient (Wildman–Crippen LogP) is 3.52. The number of nitrogens with zero attached hydrogens (tertiary/aromatic N) is 2. The van der Waals surface area contributed by atoms with Crippen LogP contribution in [0.5, 0.6) is 0 Å². The van der Waals surface area contributed by atoms with Gasteiger partial charge in [-0.25, -0.2) is 0 Å². The van der Waals surface area contributed by atoms with E-state index in [0.717, 1.165) is 0 Å². The highest BCUT2D eigenvalue weighted by Gasteiger charge is 2.17. The average molecular weight is 271 g/mol. The van der Waals surface area contributed by atoms with Crippen molar-refractivity contribution in [2.24, 2.45) is 5.92 Å². The fraction of sp³-hybridized carbons (Fsp3) is 0.273. The van der Waals surface area contributed by atoms with Crippen LogP contribution < -0.4 is 0 Å². The summed E-state index contributed by atoms with van der Waals surface area (Å²) in [4.78, 5) is 20.4. The number of benzene rings is 1. The van der Waals surface area contributed by atoms with E-state index in [1.165, 1.54) is 24.3 Å². The molecule has 0 bridgehead atoms. The maximum absolute atomic E-state index is 10.8. The fourth-order valence-electron chi connectivity index (χ4n) is 1.36. The van der Waals surface area contributed by atoms with Gasteiger partial charge in [0, 0.05) is 18.1 Å². The molecule has 18 heavy (non-hydrogen) atoms. The lowest BCUT2D eigenvalue weighted by molar-refractivity contribution is -0.431. The average Bonchev–Trinajstić information content (AvgIpc) is 2.26. The molecule has 0 radical (unpaired) electrons. The lowest BCUT2D eigenvalue weighted by Gasteiger charge is -2.02. The van der Waals surface area contributed by atoms with E-state index in [1.807, 2.05) is 0 Å². The lowest BCUT2D eigenvalue weighted by Crippen LogP contribution is -2.05. The van der Waals surface area contributed by atoms with E-state index in [-0.39, 0.29) is 22.3 Å². The molecule has 0 heterocycles. The maximum Gasteiger partial charge on any atom is 0.288 e. The Morgan fingerprint density at radius 1 is 1.33 bits per heavy atom. The van der Waals surface area contributed by atoms with Crippen LogP contribution in [0.2, 0.25) is 5.02 Å². The summed E-state index contributed by atoms with van der Waals surface area (Å²) in [6.45, 7) is 3.36. The van der Waals surface area contributed by atoms with Crippen molar-refractivity contribution in [2.75, 3.05) is 0 Å². The molecule has 1 aromatic rings. The Bertz CT molecular complexity index is 526. The van der Waals surface area contributed by atoms with E-state index in [1.54, 1.807) is 13.8 Å². The second-order valence-electron chi connectivity index (χ2n) is 3.95. The minimum absolute atomic E-state index is 0.00403. The van der Waals surface area contributed by atoms with Crippen molar-refractivity contribution >= 4 is 23.4 Å². The monoisotopic (exact) mass is 270 g/mol. The van der Waals surface area contributed by atoms with Gasteiger partial charge in [-0.3, -0.25) is 20.2 Å². The van der Waals surface area contributed by atoms with Crippen molar-refractivity contribution in [3.8, 4) is 0 Å². The third-order valence-electron chi connectivity index (χ3n) is 2.28. The van der Waals surface area contributed by atoms with E-state index in [2.05, 4.69) is 0 Å². The molecule has 0 saturated carbocycles. The van der Waals surface area contributed by atoms with Gasteiger partial charge < -0.3 is 0 Å². The van der Waals surface area contributed by atoms with Crippen molar-refractivity contribution in [2.45, 2.75) is 13.8 Å². The molecular weight excluding hydrogens is 260 g/mol. The Labute approximate surface area is 108 Å². The third kappa shape index (κ3) is 3.27. The summed E-state index contributed by atoms with van der Waals surface area (Å²) in [6.07, 6.45) is 1.31. The molecule has 0 aromatic heterocycles. The van der Waals surface area contributed by atoms with Crippen molar-refractivity contribution < 1.29 is 9.85 Å². The van der Waals surface area contributed by atoms with Gasteiger partial charge in [0.15, 0.2) is 0 Å². The molecule has 96 valence electrons. The first-order chi connectivity index (χ1) is 8.32. The van der Waals surface area contributed by atoms with Crippen LogP contribution in [-0.2, 0) is 0 Å². The molecule has 7 heteroatoms. The molecule has 1 aromatic carbocycles. The zero-order chi connectivity index (χ0) is 13.9. The smallest absolute Gasteiger partial charge is 0.259 e. The third-order valence-corrected chi connectivity index (χ3v) is 2.60. The highest BCUT2D eigenvalue weighted by Crippen LogP contribution is 2.26. The first-order valence-corrected chi connectivity index (χ1v) is 5.50. The van der Waals surface area contributed by atoms with Crippen molar-refractivity contribution in [3.05, 3.63) is 54.7 Å². The minimum Gasteiger partial charge on any atom is -0.259 e. The van der Waals surface area contributed by atoms with E-state index in [4.69, 9.17) is 11.6 Å². The number of nitro groups is 2. The molecule has 0 saturated heterocycles. The highest BCUT2D eigenvalue weighted by atomic mass is 35.5. The van der Waals surface area contributed by atoms with Crippen LogP contribution in [0.1, 0.15) is 19.4 Å². The van der Waals surface area contributed by atoms with Gasteiger partial charge in [0.25, 0.3) is 5.69 Å². The fourth-order valence-corrected chi connectivity index (χ4v) is 1.55. The molecule has 0 aliphatic carbocycles. The second-order valence-corrected chi connectivity index (χ2v) is 4.36. The van der Waals surface area contributed by atoms with Crippen molar-refractivity contribution in [3.63, 3.8) is 0 Å². The number of allylic oxidation sites excluding steroid dienone is 1. The second kappa shape index (κ2) is 5.59. The molecular formula is C11H11ClN2O4. The number of nitro benzene ring substituents is 1. The van der Waals surface area contributed by atoms with Gasteiger partial charge in [-0.1, -0.05) is 31.5 Å². The Kier molecular flexibility index (Phi) is 4.38. The van der Waals surface area contributed by atoms with Crippen LogP contribution >= 0.6 is 11.6 Å². The molecule has 0 unspecified atom stereocenters. The normalized spacial score (nSPS) is 11.7. The highest BCUT2D eigenvalue weighted by molar-refractivity contribution is 6.32.